The summed E-state index contributed by atoms with van der Waals surface area (Å²) in [6.45, 7) is 9.22. The summed E-state index contributed by atoms with van der Waals surface area (Å²) in [7, 11) is 0. The van der Waals surface area contributed by atoms with Crippen molar-refractivity contribution in [3.8, 4) is 0 Å². The van der Waals surface area contributed by atoms with Crippen LogP contribution in [0.1, 0.15) is 39.3 Å². The van der Waals surface area contributed by atoms with Gasteiger partial charge in [0.25, 0.3) is 0 Å². The van der Waals surface area contributed by atoms with E-state index >= 15 is 0 Å². The Labute approximate surface area is 91.8 Å². The summed E-state index contributed by atoms with van der Waals surface area (Å²) in [5.74, 6) is 0.968. The molecule has 0 amide bonds. The second-order valence-electron chi connectivity index (χ2n) is 4.00. The van der Waals surface area contributed by atoms with Crippen LogP contribution in [0.5, 0.6) is 0 Å². The molecule has 86 valence electrons. The summed E-state index contributed by atoms with van der Waals surface area (Å²) in [6, 6.07) is 0.443. The number of anilines is 2. The molecular weight excluding hydrogens is 188 g/mol. The fraction of sp³-hybridized carbons (Fsp3) is 0.727. The van der Waals surface area contributed by atoms with E-state index in [-0.39, 0.29) is 0 Å². The number of nitrogens with one attached hydrogen (secondary N) is 1. The van der Waals surface area contributed by atoms with Crippen molar-refractivity contribution in [3.63, 3.8) is 0 Å². The molecule has 4 heteroatoms. The van der Waals surface area contributed by atoms with E-state index in [9.17, 15) is 0 Å². The monoisotopic (exact) mass is 210 g/mol. The summed E-state index contributed by atoms with van der Waals surface area (Å²) < 4.78 is 1.93. The first kappa shape index (κ1) is 11.9. The number of hydrogen-bond acceptors (Lipinski definition) is 3. The Kier molecular flexibility index (Phi) is 4.00. The first-order chi connectivity index (χ1) is 7.10. The van der Waals surface area contributed by atoms with Gasteiger partial charge in [-0.15, -0.1) is 0 Å². The Bertz CT molecular complexity index is 317. The summed E-state index contributed by atoms with van der Waals surface area (Å²) in [5, 5.41) is 7.80. The third-order valence-corrected chi connectivity index (χ3v) is 2.58. The number of rotatable bonds is 5. The van der Waals surface area contributed by atoms with Gasteiger partial charge in [-0.05, 0) is 27.2 Å². The van der Waals surface area contributed by atoms with Crippen LogP contribution in [0.25, 0.3) is 0 Å². The molecule has 1 rings (SSSR count). The molecule has 1 heterocycles. The molecular formula is C11H22N4. The molecule has 0 bridgehead atoms. The largest absolute Gasteiger partial charge is 0.394 e. The van der Waals surface area contributed by atoms with E-state index in [2.05, 4.69) is 31.2 Å². The van der Waals surface area contributed by atoms with E-state index in [0.717, 1.165) is 30.2 Å². The van der Waals surface area contributed by atoms with Crippen molar-refractivity contribution in [2.45, 2.75) is 53.1 Å². The van der Waals surface area contributed by atoms with Crippen molar-refractivity contribution < 1.29 is 0 Å². The Morgan fingerprint density at radius 1 is 1.47 bits per heavy atom. The lowest BCUT2D eigenvalue weighted by Crippen LogP contribution is -2.18. The van der Waals surface area contributed by atoms with Gasteiger partial charge >= 0.3 is 0 Å². The van der Waals surface area contributed by atoms with Crippen molar-refractivity contribution in [1.82, 2.24) is 9.78 Å². The molecule has 0 aliphatic rings. The minimum absolute atomic E-state index is 0.443. The van der Waals surface area contributed by atoms with E-state index < -0.39 is 0 Å². The molecule has 15 heavy (non-hydrogen) atoms. The average Bonchev–Trinajstić information content (AvgIpc) is 2.46. The lowest BCUT2D eigenvalue weighted by atomic mass is 10.2. The molecule has 0 saturated carbocycles. The fourth-order valence-corrected chi connectivity index (χ4v) is 1.71. The quantitative estimate of drug-likeness (QED) is 0.784. The minimum Gasteiger partial charge on any atom is -0.394 e. The molecule has 3 N–H and O–H groups in total. The topological polar surface area (TPSA) is 55.9 Å². The maximum absolute atomic E-state index is 5.98. The SMILES string of the molecule is CCCC(C)Nc1c(N)c(C)nn1CC. The van der Waals surface area contributed by atoms with Gasteiger partial charge in [0.1, 0.15) is 5.82 Å². The van der Waals surface area contributed by atoms with Gasteiger partial charge in [0.15, 0.2) is 0 Å². The van der Waals surface area contributed by atoms with Crippen LogP contribution in [0.4, 0.5) is 11.5 Å². The first-order valence-corrected chi connectivity index (χ1v) is 5.69. The number of nitrogens with zero attached hydrogens (tertiary/aromatic N) is 2. The molecule has 1 atom stereocenters. The van der Waals surface area contributed by atoms with Crippen LogP contribution in [0.3, 0.4) is 0 Å². The van der Waals surface area contributed by atoms with E-state index in [1.807, 2.05) is 11.6 Å². The zero-order chi connectivity index (χ0) is 11.4. The second kappa shape index (κ2) is 5.05. The molecule has 0 saturated heterocycles. The highest BCUT2D eigenvalue weighted by Gasteiger charge is 2.12. The van der Waals surface area contributed by atoms with Gasteiger partial charge < -0.3 is 11.1 Å². The normalized spacial score (nSPS) is 12.8. The minimum atomic E-state index is 0.443. The molecule has 0 aliphatic heterocycles. The Hall–Kier alpha value is -1.19. The van der Waals surface area contributed by atoms with E-state index in [1.54, 1.807) is 0 Å². The lowest BCUT2D eigenvalue weighted by Gasteiger charge is -2.15. The van der Waals surface area contributed by atoms with Crippen LogP contribution < -0.4 is 11.1 Å². The van der Waals surface area contributed by atoms with E-state index in [4.69, 9.17) is 5.73 Å². The average molecular weight is 210 g/mol. The zero-order valence-electron chi connectivity index (χ0n) is 10.2. The van der Waals surface area contributed by atoms with E-state index in [1.165, 1.54) is 6.42 Å². The summed E-state index contributed by atoms with van der Waals surface area (Å²) in [4.78, 5) is 0. The smallest absolute Gasteiger partial charge is 0.148 e. The van der Waals surface area contributed by atoms with Crippen LogP contribution in [-0.4, -0.2) is 15.8 Å². The Morgan fingerprint density at radius 3 is 2.67 bits per heavy atom. The zero-order valence-corrected chi connectivity index (χ0v) is 10.2. The second-order valence-corrected chi connectivity index (χ2v) is 4.00. The van der Waals surface area contributed by atoms with Crippen LogP contribution in [0.15, 0.2) is 0 Å². The van der Waals surface area contributed by atoms with Crippen molar-refractivity contribution in [2.75, 3.05) is 11.1 Å². The predicted molar refractivity (Wildman–Crippen MR) is 65.0 cm³/mol. The van der Waals surface area contributed by atoms with Gasteiger partial charge in [0, 0.05) is 12.6 Å². The number of nitrogens with two attached hydrogens (primary N) is 1. The van der Waals surface area contributed by atoms with Crippen LogP contribution in [0.2, 0.25) is 0 Å². The maximum Gasteiger partial charge on any atom is 0.148 e. The van der Waals surface area contributed by atoms with E-state index in [0.29, 0.717) is 6.04 Å². The molecule has 0 fully saturated rings. The molecule has 0 aliphatic carbocycles. The highest BCUT2D eigenvalue weighted by molar-refractivity contribution is 5.65. The lowest BCUT2D eigenvalue weighted by molar-refractivity contribution is 0.633. The number of aryl methyl sites for hydroxylation is 2. The molecule has 1 aromatic rings. The molecule has 1 unspecified atom stereocenters. The van der Waals surface area contributed by atoms with Gasteiger partial charge in [-0.2, -0.15) is 5.10 Å². The number of aromatic nitrogens is 2. The van der Waals surface area contributed by atoms with Crippen LogP contribution in [-0.2, 0) is 6.54 Å². The van der Waals surface area contributed by atoms with Gasteiger partial charge in [-0.3, -0.25) is 0 Å². The van der Waals surface area contributed by atoms with Gasteiger partial charge in [0.2, 0.25) is 0 Å². The van der Waals surface area contributed by atoms with Crippen LogP contribution in [0, 0.1) is 6.92 Å². The van der Waals surface area contributed by atoms with Crippen molar-refractivity contribution in [2.24, 2.45) is 0 Å². The number of nitrogen functional groups attached to an aromatic ring is 1. The predicted octanol–water partition coefficient (Wildman–Crippen LogP) is 2.39. The van der Waals surface area contributed by atoms with Crippen LogP contribution >= 0.6 is 0 Å². The van der Waals surface area contributed by atoms with Crippen molar-refractivity contribution in [3.05, 3.63) is 5.69 Å². The molecule has 4 nitrogen and oxygen atoms in total. The molecule has 0 spiro atoms. The summed E-state index contributed by atoms with van der Waals surface area (Å²) in [5.41, 5.74) is 7.66. The number of hydrogen-bond donors (Lipinski definition) is 2. The highest BCUT2D eigenvalue weighted by atomic mass is 15.3. The van der Waals surface area contributed by atoms with Gasteiger partial charge in [-0.25, -0.2) is 4.68 Å². The molecule has 0 aromatic carbocycles. The highest BCUT2D eigenvalue weighted by Crippen LogP contribution is 2.23. The summed E-state index contributed by atoms with van der Waals surface area (Å²) in [6.07, 6.45) is 2.32. The van der Waals surface area contributed by atoms with Crippen molar-refractivity contribution in [1.29, 1.82) is 0 Å². The third kappa shape index (κ3) is 2.64. The van der Waals surface area contributed by atoms with Gasteiger partial charge in [-0.1, -0.05) is 13.3 Å². The fourth-order valence-electron chi connectivity index (χ4n) is 1.71. The maximum atomic E-state index is 5.98. The van der Waals surface area contributed by atoms with Crippen molar-refractivity contribution >= 4 is 11.5 Å². The standard InChI is InChI=1S/C11H22N4/c1-5-7-8(3)13-11-10(12)9(4)14-15(11)6-2/h8,13H,5-7,12H2,1-4H3. The summed E-state index contributed by atoms with van der Waals surface area (Å²) >= 11 is 0. The Morgan fingerprint density at radius 2 is 2.13 bits per heavy atom. The van der Waals surface area contributed by atoms with Gasteiger partial charge in [0.05, 0.1) is 11.4 Å². The Balaban J connectivity index is 2.82. The third-order valence-electron chi connectivity index (χ3n) is 2.58. The molecule has 0 radical (unpaired) electrons. The molecule has 1 aromatic heterocycles. The first-order valence-electron chi connectivity index (χ1n) is 5.69.